The Bertz CT molecular complexity index is 245. The van der Waals surface area contributed by atoms with Gasteiger partial charge in [0.15, 0.2) is 0 Å². The maximum Gasteiger partial charge on any atom is 0.220 e. The molecule has 1 aliphatic carbocycles. The van der Waals surface area contributed by atoms with Crippen molar-refractivity contribution < 1.29 is 4.79 Å². The second-order valence-corrected chi connectivity index (χ2v) is 6.04. The molecular weight excluding hydrogens is 200 g/mol. The van der Waals surface area contributed by atoms with Gasteiger partial charge >= 0.3 is 0 Å². The first-order chi connectivity index (χ1) is 7.34. The second kappa shape index (κ2) is 4.74. The van der Waals surface area contributed by atoms with Crippen LogP contribution in [0.3, 0.4) is 0 Å². The van der Waals surface area contributed by atoms with Crippen LogP contribution in [0, 0.1) is 10.8 Å². The average molecular weight is 226 g/mol. The van der Waals surface area contributed by atoms with Crippen molar-refractivity contribution in [3.05, 3.63) is 0 Å². The molecule has 0 saturated heterocycles. The van der Waals surface area contributed by atoms with Crippen molar-refractivity contribution in [2.24, 2.45) is 16.6 Å². The summed E-state index contributed by atoms with van der Waals surface area (Å²) in [6.45, 7) is 9.59. The molecule has 3 nitrogen and oxygen atoms in total. The van der Waals surface area contributed by atoms with E-state index in [0.717, 1.165) is 25.8 Å². The van der Waals surface area contributed by atoms with Gasteiger partial charge in [-0.3, -0.25) is 4.79 Å². The van der Waals surface area contributed by atoms with E-state index in [1.807, 2.05) is 0 Å². The number of unbranched alkanes of at least 4 members (excludes halogenated alkanes) is 2. The summed E-state index contributed by atoms with van der Waals surface area (Å²) >= 11 is 0. The maximum absolute atomic E-state index is 11.7. The quantitative estimate of drug-likeness (QED) is 0.681. The van der Waals surface area contributed by atoms with E-state index in [2.05, 4.69) is 33.0 Å². The fourth-order valence-electron chi connectivity index (χ4n) is 2.40. The Morgan fingerprint density at radius 3 is 2.12 bits per heavy atom. The highest BCUT2D eigenvalue weighted by molar-refractivity contribution is 5.77. The first kappa shape index (κ1) is 13.5. The van der Waals surface area contributed by atoms with E-state index < -0.39 is 0 Å². The lowest BCUT2D eigenvalue weighted by atomic mass is 10.0. The summed E-state index contributed by atoms with van der Waals surface area (Å²) < 4.78 is 0. The van der Waals surface area contributed by atoms with E-state index >= 15 is 0 Å². The predicted molar refractivity (Wildman–Crippen MR) is 67.0 cm³/mol. The number of carbonyl (C=O) groups is 1. The summed E-state index contributed by atoms with van der Waals surface area (Å²) in [6, 6.07) is 0.335. The smallest absolute Gasteiger partial charge is 0.220 e. The summed E-state index contributed by atoms with van der Waals surface area (Å²) in [7, 11) is 0. The van der Waals surface area contributed by atoms with Crippen LogP contribution in [0.5, 0.6) is 0 Å². The number of nitrogens with two attached hydrogens (primary N) is 1. The third kappa shape index (κ3) is 2.57. The summed E-state index contributed by atoms with van der Waals surface area (Å²) in [6.07, 6.45) is 3.67. The van der Waals surface area contributed by atoms with Gasteiger partial charge in [0.25, 0.3) is 0 Å². The van der Waals surface area contributed by atoms with Gasteiger partial charge in [0.05, 0.1) is 0 Å². The van der Waals surface area contributed by atoms with Gasteiger partial charge in [-0.25, -0.2) is 0 Å². The van der Waals surface area contributed by atoms with Crippen molar-refractivity contribution in [2.75, 3.05) is 6.54 Å². The summed E-state index contributed by atoms with van der Waals surface area (Å²) in [5, 5.41) is 3.14. The lowest BCUT2D eigenvalue weighted by Crippen LogP contribution is -2.29. The molecule has 0 heterocycles. The topological polar surface area (TPSA) is 55.1 Å². The van der Waals surface area contributed by atoms with E-state index in [1.165, 1.54) is 0 Å². The normalized spacial score (nSPS) is 21.8. The van der Waals surface area contributed by atoms with E-state index in [-0.39, 0.29) is 16.7 Å². The molecule has 0 aliphatic heterocycles. The maximum atomic E-state index is 11.7. The molecule has 1 amide bonds. The molecule has 1 saturated carbocycles. The SMILES string of the molecule is CC1(C)C(NC(=O)CCCCCN)C1(C)C. The van der Waals surface area contributed by atoms with Crippen LogP contribution in [0.15, 0.2) is 0 Å². The van der Waals surface area contributed by atoms with Crippen molar-refractivity contribution in [1.29, 1.82) is 0 Å². The predicted octanol–water partition coefficient (Wildman–Crippen LogP) is 2.06. The number of hydrogen-bond donors (Lipinski definition) is 2. The first-order valence-corrected chi connectivity index (χ1v) is 6.33. The molecule has 3 heteroatoms. The first-order valence-electron chi connectivity index (χ1n) is 6.33. The number of amides is 1. The molecular formula is C13H26N2O. The van der Waals surface area contributed by atoms with Gasteiger partial charge in [-0.05, 0) is 30.2 Å². The largest absolute Gasteiger partial charge is 0.352 e. The Morgan fingerprint density at radius 2 is 1.69 bits per heavy atom. The molecule has 94 valence electrons. The van der Waals surface area contributed by atoms with Crippen LogP contribution >= 0.6 is 0 Å². The van der Waals surface area contributed by atoms with Gasteiger partial charge in [0.1, 0.15) is 0 Å². The van der Waals surface area contributed by atoms with Gasteiger partial charge in [-0.1, -0.05) is 34.1 Å². The summed E-state index contributed by atoms with van der Waals surface area (Å²) in [5.74, 6) is 0.195. The van der Waals surface area contributed by atoms with E-state index in [1.54, 1.807) is 0 Å². The minimum absolute atomic E-state index is 0.195. The molecule has 0 spiro atoms. The minimum atomic E-state index is 0.195. The van der Waals surface area contributed by atoms with Crippen LogP contribution in [-0.2, 0) is 4.79 Å². The zero-order chi connectivity index (χ0) is 12.4. The molecule has 0 aromatic rings. The highest BCUT2D eigenvalue weighted by Gasteiger charge is 2.65. The lowest BCUT2D eigenvalue weighted by Gasteiger charge is -2.06. The molecule has 0 bridgehead atoms. The highest BCUT2D eigenvalue weighted by Crippen LogP contribution is 2.62. The molecule has 1 aliphatic rings. The third-order valence-corrected chi connectivity index (χ3v) is 4.43. The Morgan fingerprint density at radius 1 is 1.12 bits per heavy atom. The standard InChI is InChI=1S/C13H26N2O/c1-12(2)11(13(12,3)4)15-10(16)8-6-5-7-9-14/h11H,5-9,14H2,1-4H3,(H,15,16). The molecule has 1 rings (SSSR count). The summed E-state index contributed by atoms with van der Waals surface area (Å²) in [5.41, 5.74) is 5.88. The van der Waals surface area contributed by atoms with Crippen molar-refractivity contribution in [3.8, 4) is 0 Å². The van der Waals surface area contributed by atoms with Crippen LogP contribution in [0.4, 0.5) is 0 Å². The van der Waals surface area contributed by atoms with Crippen LogP contribution in [-0.4, -0.2) is 18.5 Å². The Labute approximate surface area is 99.2 Å². The second-order valence-electron chi connectivity index (χ2n) is 6.04. The molecule has 0 unspecified atom stereocenters. The van der Waals surface area contributed by atoms with Crippen molar-refractivity contribution in [1.82, 2.24) is 5.32 Å². The molecule has 16 heavy (non-hydrogen) atoms. The Balaban J connectivity index is 2.22. The number of carbonyl (C=O) groups excluding carboxylic acids is 1. The lowest BCUT2D eigenvalue weighted by molar-refractivity contribution is -0.121. The van der Waals surface area contributed by atoms with Gasteiger partial charge in [-0.2, -0.15) is 0 Å². The Hall–Kier alpha value is -0.570. The van der Waals surface area contributed by atoms with E-state index in [4.69, 9.17) is 5.73 Å². The fraction of sp³-hybridized carbons (Fsp3) is 0.923. The third-order valence-electron chi connectivity index (χ3n) is 4.43. The van der Waals surface area contributed by atoms with Crippen molar-refractivity contribution in [3.63, 3.8) is 0 Å². The molecule has 0 atom stereocenters. The van der Waals surface area contributed by atoms with Crippen LogP contribution < -0.4 is 11.1 Å². The molecule has 1 fully saturated rings. The molecule has 0 aromatic carbocycles. The fourth-order valence-corrected chi connectivity index (χ4v) is 2.40. The van der Waals surface area contributed by atoms with Crippen molar-refractivity contribution in [2.45, 2.75) is 59.4 Å². The number of hydrogen-bond acceptors (Lipinski definition) is 2. The van der Waals surface area contributed by atoms with Gasteiger partial charge in [-0.15, -0.1) is 0 Å². The highest BCUT2D eigenvalue weighted by atomic mass is 16.1. The van der Waals surface area contributed by atoms with Crippen molar-refractivity contribution >= 4 is 5.91 Å². The molecule has 3 N–H and O–H groups in total. The summed E-state index contributed by atoms with van der Waals surface area (Å²) in [4.78, 5) is 11.7. The van der Waals surface area contributed by atoms with Crippen LogP contribution in [0.25, 0.3) is 0 Å². The average Bonchev–Trinajstić information content (AvgIpc) is 2.56. The van der Waals surface area contributed by atoms with Gasteiger partial charge in [0, 0.05) is 12.5 Å². The zero-order valence-electron chi connectivity index (χ0n) is 11.1. The van der Waals surface area contributed by atoms with Crippen LogP contribution in [0.1, 0.15) is 53.4 Å². The molecule has 0 aromatic heterocycles. The number of nitrogens with one attached hydrogen (secondary N) is 1. The van der Waals surface area contributed by atoms with Gasteiger partial charge < -0.3 is 11.1 Å². The van der Waals surface area contributed by atoms with Gasteiger partial charge in [0.2, 0.25) is 5.91 Å². The van der Waals surface area contributed by atoms with Crippen LogP contribution in [0.2, 0.25) is 0 Å². The monoisotopic (exact) mass is 226 g/mol. The zero-order valence-corrected chi connectivity index (χ0v) is 11.1. The number of rotatable bonds is 6. The minimum Gasteiger partial charge on any atom is -0.352 e. The van der Waals surface area contributed by atoms with E-state index in [0.29, 0.717) is 12.5 Å². The van der Waals surface area contributed by atoms with E-state index in [9.17, 15) is 4.79 Å². The molecule has 0 radical (unpaired) electrons. The Kier molecular flexibility index (Phi) is 4.00.